The quantitative estimate of drug-likeness (QED) is 0.817. The first-order chi connectivity index (χ1) is 9.01. The Bertz CT molecular complexity index is 498. The Balaban J connectivity index is 2.08. The molecule has 0 bridgehead atoms. The number of nitrogen functional groups attached to an aromatic ring is 1. The maximum atomic E-state index is 13.2. The van der Waals surface area contributed by atoms with Gasteiger partial charge in [0, 0.05) is 19.2 Å². The summed E-state index contributed by atoms with van der Waals surface area (Å²) in [5.74, 6) is -0.536. The summed E-state index contributed by atoms with van der Waals surface area (Å²) in [6.45, 7) is 1.29. The minimum atomic E-state index is -0.536. The summed E-state index contributed by atoms with van der Waals surface area (Å²) < 4.78 is 17.8. The molecule has 3 N–H and O–H groups in total. The van der Waals surface area contributed by atoms with Crippen LogP contribution in [0.2, 0.25) is 5.02 Å². The van der Waals surface area contributed by atoms with Gasteiger partial charge in [-0.1, -0.05) is 11.6 Å². The minimum absolute atomic E-state index is 0.0179. The van der Waals surface area contributed by atoms with Crippen molar-refractivity contribution in [2.24, 2.45) is 0 Å². The van der Waals surface area contributed by atoms with Crippen molar-refractivity contribution >= 4 is 29.1 Å². The molecule has 1 aliphatic rings. The zero-order valence-electron chi connectivity index (χ0n) is 10.5. The number of ether oxygens (including phenoxy) is 1. The molecule has 0 saturated carbocycles. The van der Waals surface area contributed by atoms with E-state index >= 15 is 0 Å². The fourth-order valence-electron chi connectivity index (χ4n) is 2.15. The van der Waals surface area contributed by atoms with Gasteiger partial charge in [-0.05, 0) is 12.5 Å². The molecule has 104 valence electrons. The van der Waals surface area contributed by atoms with E-state index in [-0.39, 0.29) is 11.1 Å². The summed E-state index contributed by atoms with van der Waals surface area (Å²) in [4.78, 5) is 13.1. The number of amides is 1. The van der Waals surface area contributed by atoms with Crippen LogP contribution >= 0.6 is 11.6 Å². The Morgan fingerprint density at radius 2 is 2.37 bits per heavy atom. The molecule has 0 aliphatic carbocycles. The van der Waals surface area contributed by atoms with E-state index in [2.05, 4.69) is 10.1 Å². The van der Waals surface area contributed by atoms with E-state index in [1.54, 1.807) is 0 Å². The van der Waals surface area contributed by atoms with Crippen molar-refractivity contribution in [2.45, 2.75) is 12.5 Å². The number of methoxy groups -OCH3 is 1. The van der Waals surface area contributed by atoms with Gasteiger partial charge in [0.1, 0.15) is 5.82 Å². The Morgan fingerprint density at radius 3 is 3.05 bits per heavy atom. The Labute approximate surface area is 115 Å². The summed E-state index contributed by atoms with van der Waals surface area (Å²) in [6.07, 6.45) is 0.306. The number of benzene rings is 1. The van der Waals surface area contributed by atoms with Crippen molar-refractivity contribution < 1.29 is 13.9 Å². The van der Waals surface area contributed by atoms with Gasteiger partial charge in [-0.2, -0.15) is 0 Å². The number of nitrogens with one attached hydrogen (secondary N) is 1. The van der Waals surface area contributed by atoms with Gasteiger partial charge in [0.2, 0.25) is 0 Å². The zero-order chi connectivity index (χ0) is 14.0. The second kappa shape index (κ2) is 5.52. The topological polar surface area (TPSA) is 67.6 Å². The standard InChI is InChI=1S/C12H15ClFN3O2/c1-19-12(18)16-7-2-3-17(6-7)11-4-8(13)9(14)5-10(11)15/h4-5,7H,2-3,6,15H2,1H3,(H,16,18). The van der Waals surface area contributed by atoms with E-state index in [0.717, 1.165) is 6.42 Å². The molecule has 1 amide bonds. The number of rotatable bonds is 2. The lowest BCUT2D eigenvalue weighted by molar-refractivity contribution is 0.167. The normalized spacial score (nSPS) is 18.5. The van der Waals surface area contributed by atoms with Gasteiger partial charge in [-0.3, -0.25) is 0 Å². The van der Waals surface area contributed by atoms with E-state index in [0.29, 0.717) is 24.5 Å². The Kier molecular flexibility index (Phi) is 3.99. The smallest absolute Gasteiger partial charge is 0.407 e. The molecule has 1 aromatic rings. The van der Waals surface area contributed by atoms with Gasteiger partial charge in [0.25, 0.3) is 0 Å². The maximum absolute atomic E-state index is 13.2. The van der Waals surface area contributed by atoms with Crippen molar-refractivity contribution in [3.05, 3.63) is 23.0 Å². The summed E-state index contributed by atoms with van der Waals surface area (Å²) in [5.41, 5.74) is 6.81. The monoisotopic (exact) mass is 287 g/mol. The van der Waals surface area contributed by atoms with Gasteiger partial charge in [0.05, 0.1) is 29.5 Å². The third kappa shape index (κ3) is 3.01. The number of halogens is 2. The van der Waals surface area contributed by atoms with Crippen LogP contribution in [-0.4, -0.2) is 32.3 Å². The lowest BCUT2D eigenvalue weighted by atomic mass is 10.2. The first kappa shape index (κ1) is 13.7. The first-order valence-corrected chi connectivity index (χ1v) is 6.23. The molecule has 1 unspecified atom stereocenters. The lowest BCUT2D eigenvalue weighted by Crippen LogP contribution is -2.37. The highest BCUT2D eigenvalue weighted by Gasteiger charge is 2.26. The number of carbonyl (C=O) groups excluding carboxylic acids is 1. The number of nitrogens with two attached hydrogens (primary N) is 1. The highest BCUT2D eigenvalue weighted by Crippen LogP contribution is 2.31. The van der Waals surface area contributed by atoms with Crippen LogP contribution in [0.25, 0.3) is 0 Å². The molecule has 19 heavy (non-hydrogen) atoms. The van der Waals surface area contributed by atoms with E-state index < -0.39 is 11.9 Å². The molecular formula is C12H15ClFN3O2. The van der Waals surface area contributed by atoms with E-state index in [4.69, 9.17) is 17.3 Å². The predicted molar refractivity (Wildman–Crippen MR) is 72.0 cm³/mol. The van der Waals surface area contributed by atoms with E-state index in [1.807, 2.05) is 4.90 Å². The van der Waals surface area contributed by atoms with Gasteiger partial charge in [-0.15, -0.1) is 0 Å². The molecule has 5 nitrogen and oxygen atoms in total. The number of alkyl carbamates (subject to hydrolysis) is 1. The van der Waals surface area contributed by atoms with Crippen molar-refractivity contribution in [1.29, 1.82) is 0 Å². The molecule has 1 saturated heterocycles. The molecule has 1 aromatic carbocycles. The largest absolute Gasteiger partial charge is 0.453 e. The van der Waals surface area contributed by atoms with Crippen molar-refractivity contribution in [3.8, 4) is 0 Å². The van der Waals surface area contributed by atoms with Crippen LogP contribution in [0.4, 0.5) is 20.6 Å². The average Bonchev–Trinajstić information content (AvgIpc) is 2.82. The molecule has 0 spiro atoms. The molecule has 1 atom stereocenters. The predicted octanol–water partition coefficient (Wildman–Crippen LogP) is 2.00. The average molecular weight is 288 g/mol. The zero-order valence-corrected chi connectivity index (χ0v) is 11.2. The SMILES string of the molecule is COC(=O)NC1CCN(c2cc(Cl)c(F)cc2N)C1. The van der Waals surface area contributed by atoms with Crippen molar-refractivity contribution in [1.82, 2.24) is 5.32 Å². The molecule has 0 radical (unpaired) electrons. The van der Waals surface area contributed by atoms with E-state index in [9.17, 15) is 9.18 Å². The fraction of sp³-hybridized carbons (Fsp3) is 0.417. The van der Waals surface area contributed by atoms with Crippen LogP contribution in [0.15, 0.2) is 12.1 Å². The Morgan fingerprint density at radius 1 is 1.63 bits per heavy atom. The minimum Gasteiger partial charge on any atom is -0.453 e. The van der Waals surface area contributed by atoms with Crippen LogP contribution < -0.4 is 16.0 Å². The highest BCUT2D eigenvalue weighted by molar-refractivity contribution is 6.31. The van der Waals surface area contributed by atoms with Crippen LogP contribution in [0.1, 0.15) is 6.42 Å². The number of nitrogens with zero attached hydrogens (tertiary/aromatic N) is 1. The molecular weight excluding hydrogens is 273 g/mol. The third-order valence-corrected chi connectivity index (χ3v) is 3.40. The second-order valence-corrected chi connectivity index (χ2v) is 4.80. The van der Waals surface area contributed by atoms with Gasteiger partial charge in [-0.25, -0.2) is 9.18 Å². The number of hydrogen-bond donors (Lipinski definition) is 2. The molecule has 1 aliphatic heterocycles. The summed E-state index contributed by atoms with van der Waals surface area (Å²) in [7, 11) is 1.32. The van der Waals surface area contributed by atoms with Gasteiger partial charge < -0.3 is 20.7 Å². The molecule has 2 rings (SSSR count). The van der Waals surface area contributed by atoms with Crippen molar-refractivity contribution in [2.75, 3.05) is 30.8 Å². The fourth-order valence-corrected chi connectivity index (χ4v) is 2.31. The number of hydrogen-bond acceptors (Lipinski definition) is 4. The molecule has 1 heterocycles. The molecule has 7 heteroatoms. The van der Waals surface area contributed by atoms with Crippen LogP contribution in [-0.2, 0) is 4.74 Å². The Hall–Kier alpha value is -1.69. The van der Waals surface area contributed by atoms with E-state index in [1.165, 1.54) is 19.2 Å². The maximum Gasteiger partial charge on any atom is 0.407 e. The third-order valence-electron chi connectivity index (χ3n) is 3.11. The number of anilines is 2. The van der Waals surface area contributed by atoms with Gasteiger partial charge >= 0.3 is 6.09 Å². The molecule has 1 fully saturated rings. The first-order valence-electron chi connectivity index (χ1n) is 5.85. The summed E-state index contributed by atoms with van der Waals surface area (Å²) in [5, 5.41) is 2.76. The van der Waals surface area contributed by atoms with Crippen LogP contribution in [0, 0.1) is 5.82 Å². The van der Waals surface area contributed by atoms with Crippen LogP contribution in [0.5, 0.6) is 0 Å². The van der Waals surface area contributed by atoms with Gasteiger partial charge in [0.15, 0.2) is 0 Å². The molecule has 0 aromatic heterocycles. The van der Waals surface area contributed by atoms with Crippen LogP contribution in [0.3, 0.4) is 0 Å². The summed E-state index contributed by atoms with van der Waals surface area (Å²) >= 11 is 5.76. The number of carbonyl (C=O) groups is 1. The second-order valence-electron chi connectivity index (χ2n) is 4.39. The summed E-state index contributed by atoms with van der Waals surface area (Å²) in [6, 6.07) is 2.70. The highest BCUT2D eigenvalue weighted by atomic mass is 35.5. The lowest BCUT2D eigenvalue weighted by Gasteiger charge is -2.21. The van der Waals surface area contributed by atoms with Crippen molar-refractivity contribution in [3.63, 3.8) is 0 Å².